The van der Waals surface area contributed by atoms with Crippen molar-refractivity contribution in [2.45, 2.75) is 0 Å². The first kappa shape index (κ1) is 17.8. The lowest BCUT2D eigenvalue weighted by molar-refractivity contribution is -0.139. The average Bonchev–Trinajstić information content (AvgIpc) is 2.67. The number of para-hydroxylation sites is 1. The number of H-pyrrole nitrogens is 1. The van der Waals surface area contributed by atoms with Gasteiger partial charge in [-0.15, -0.1) is 0 Å². The van der Waals surface area contributed by atoms with Gasteiger partial charge in [-0.3, -0.25) is 9.59 Å². The average molecular weight is 366 g/mol. The van der Waals surface area contributed by atoms with Gasteiger partial charge in [-0.25, -0.2) is 15.3 Å². The topological polar surface area (TPSA) is 134 Å². The van der Waals surface area contributed by atoms with Crippen molar-refractivity contribution in [2.75, 3.05) is 6.61 Å². The van der Waals surface area contributed by atoms with Crippen LogP contribution in [0.1, 0.15) is 16.1 Å². The van der Waals surface area contributed by atoms with E-state index in [4.69, 9.17) is 9.84 Å². The summed E-state index contributed by atoms with van der Waals surface area (Å²) in [6, 6.07) is 13.2. The molecule has 0 saturated carbocycles. The number of nitrogens with zero attached hydrogens (tertiary/aromatic N) is 2. The van der Waals surface area contributed by atoms with Gasteiger partial charge in [-0.1, -0.05) is 30.3 Å². The van der Waals surface area contributed by atoms with Crippen LogP contribution in [0.5, 0.6) is 5.75 Å². The van der Waals surface area contributed by atoms with Crippen molar-refractivity contribution in [3.05, 3.63) is 70.1 Å². The number of benzene rings is 2. The number of aliphatic carboxylic acids is 1. The number of hydrogen-bond acceptors (Lipinski definition) is 6. The van der Waals surface area contributed by atoms with Crippen LogP contribution in [0.4, 0.5) is 0 Å². The van der Waals surface area contributed by atoms with Crippen LogP contribution in [0.25, 0.3) is 10.8 Å². The predicted octanol–water partition coefficient (Wildman–Crippen LogP) is 1.15. The van der Waals surface area contributed by atoms with E-state index in [-0.39, 0.29) is 5.69 Å². The number of carbonyl (C=O) groups excluding carboxylic acids is 1. The van der Waals surface area contributed by atoms with Gasteiger partial charge in [-0.2, -0.15) is 10.2 Å². The van der Waals surface area contributed by atoms with E-state index in [1.54, 1.807) is 48.5 Å². The monoisotopic (exact) mass is 366 g/mol. The maximum atomic E-state index is 12.3. The molecule has 0 spiro atoms. The molecule has 0 bridgehead atoms. The van der Waals surface area contributed by atoms with Gasteiger partial charge >= 0.3 is 5.97 Å². The van der Waals surface area contributed by atoms with E-state index in [2.05, 4.69) is 20.7 Å². The van der Waals surface area contributed by atoms with E-state index in [1.165, 1.54) is 6.21 Å². The smallest absolute Gasteiger partial charge is 0.341 e. The van der Waals surface area contributed by atoms with Crippen LogP contribution in [0, 0.1) is 0 Å². The second-order valence-corrected chi connectivity index (χ2v) is 5.37. The van der Waals surface area contributed by atoms with Crippen molar-refractivity contribution >= 4 is 28.9 Å². The highest BCUT2D eigenvalue weighted by atomic mass is 16.5. The molecule has 0 aliphatic rings. The van der Waals surface area contributed by atoms with Crippen molar-refractivity contribution in [2.24, 2.45) is 5.10 Å². The van der Waals surface area contributed by atoms with Crippen molar-refractivity contribution in [3.8, 4) is 5.75 Å². The Kier molecular flexibility index (Phi) is 5.22. The summed E-state index contributed by atoms with van der Waals surface area (Å²) >= 11 is 0. The summed E-state index contributed by atoms with van der Waals surface area (Å²) < 4.78 is 5.16. The Morgan fingerprint density at radius 1 is 1.15 bits per heavy atom. The summed E-state index contributed by atoms with van der Waals surface area (Å²) in [6.45, 7) is -0.496. The first-order valence-electron chi connectivity index (χ1n) is 7.80. The molecule has 3 rings (SSSR count). The van der Waals surface area contributed by atoms with Crippen LogP contribution in [0.15, 0.2) is 58.4 Å². The van der Waals surface area contributed by atoms with E-state index in [9.17, 15) is 14.4 Å². The van der Waals surface area contributed by atoms with E-state index in [0.29, 0.717) is 22.1 Å². The molecule has 0 atom stereocenters. The molecule has 9 nitrogen and oxygen atoms in total. The first-order valence-corrected chi connectivity index (χ1v) is 7.80. The molecule has 1 amide bonds. The number of nitrogens with one attached hydrogen (secondary N) is 2. The van der Waals surface area contributed by atoms with Crippen LogP contribution in [-0.4, -0.2) is 40.0 Å². The highest BCUT2D eigenvalue weighted by Crippen LogP contribution is 2.16. The van der Waals surface area contributed by atoms with E-state index < -0.39 is 24.0 Å². The summed E-state index contributed by atoms with van der Waals surface area (Å²) in [4.78, 5) is 34.7. The lowest BCUT2D eigenvalue weighted by Crippen LogP contribution is -2.22. The van der Waals surface area contributed by atoms with Gasteiger partial charge in [0, 0.05) is 10.9 Å². The van der Waals surface area contributed by atoms with Crippen LogP contribution in [0.3, 0.4) is 0 Å². The third-order valence-corrected chi connectivity index (χ3v) is 3.55. The number of carbonyl (C=O) groups is 2. The Hall–Kier alpha value is -4.01. The summed E-state index contributed by atoms with van der Waals surface area (Å²) in [5.74, 6) is -1.40. The minimum atomic E-state index is -1.11. The summed E-state index contributed by atoms with van der Waals surface area (Å²) in [5.41, 5.74) is 2.44. The molecule has 0 radical (unpaired) electrons. The largest absolute Gasteiger partial charge is 0.481 e. The van der Waals surface area contributed by atoms with E-state index in [0.717, 1.165) is 0 Å². The zero-order valence-electron chi connectivity index (χ0n) is 13.9. The van der Waals surface area contributed by atoms with Crippen molar-refractivity contribution in [1.82, 2.24) is 15.6 Å². The third kappa shape index (κ3) is 4.15. The molecular weight excluding hydrogens is 352 g/mol. The van der Waals surface area contributed by atoms with E-state index in [1.807, 2.05) is 0 Å². The maximum Gasteiger partial charge on any atom is 0.341 e. The Bertz CT molecular complexity index is 1090. The standard InChI is InChI=1S/C18H14N4O5/c23-15(24)10-27-14-8-4-1-5-11(14)9-19-21-18(26)16-12-6-2-3-7-13(12)17(25)22-20-16/h1-9H,10H2,(H,21,26)(H,22,25)(H,23,24). The molecule has 0 aliphatic heterocycles. The van der Waals surface area contributed by atoms with Crippen LogP contribution < -0.4 is 15.7 Å². The number of amides is 1. The number of rotatable bonds is 6. The molecular formula is C18H14N4O5. The number of fused-ring (bicyclic) bond motifs is 1. The van der Waals surface area contributed by atoms with E-state index >= 15 is 0 Å². The maximum absolute atomic E-state index is 12.3. The number of hydrogen-bond donors (Lipinski definition) is 3. The van der Waals surface area contributed by atoms with Gasteiger partial charge in [0.2, 0.25) is 0 Å². The molecule has 1 aromatic heterocycles. The second kappa shape index (κ2) is 7.91. The predicted molar refractivity (Wildman–Crippen MR) is 97.0 cm³/mol. The summed E-state index contributed by atoms with van der Waals surface area (Å²) in [6.07, 6.45) is 1.32. The fourth-order valence-electron chi connectivity index (χ4n) is 2.36. The molecule has 9 heteroatoms. The number of carboxylic acids is 1. The van der Waals surface area contributed by atoms with Gasteiger partial charge in [0.15, 0.2) is 12.3 Å². The van der Waals surface area contributed by atoms with Gasteiger partial charge in [0.05, 0.1) is 11.6 Å². The molecule has 0 aliphatic carbocycles. The van der Waals surface area contributed by atoms with Gasteiger partial charge in [0.25, 0.3) is 11.5 Å². The molecule has 136 valence electrons. The van der Waals surface area contributed by atoms with Crippen molar-refractivity contribution in [3.63, 3.8) is 0 Å². The van der Waals surface area contributed by atoms with Crippen LogP contribution in [0.2, 0.25) is 0 Å². The number of aromatic nitrogens is 2. The molecule has 1 heterocycles. The zero-order valence-corrected chi connectivity index (χ0v) is 13.9. The minimum absolute atomic E-state index is 0.0257. The lowest BCUT2D eigenvalue weighted by atomic mass is 10.1. The highest BCUT2D eigenvalue weighted by Gasteiger charge is 2.13. The van der Waals surface area contributed by atoms with Gasteiger partial charge in [-0.05, 0) is 18.2 Å². The highest BCUT2D eigenvalue weighted by molar-refractivity contribution is 6.04. The molecule has 0 fully saturated rings. The molecule has 27 heavy (non-hydrogen) atoms. The molecule has 3 N–H and O–H groups in total. The summed E-state index contributed by atoms with van der Waals surface area (Å²) in [7, 11) is 0. The molecule has 2 aromatic carbocycles. The van der Waals surface area contributed by atoms with Crippen LogP contribution >= 0.6 is 0 Å². The van der Waals surface area contributed by atoms with Crippen molar-refractivity contribution < 1.29 is 19.4 Å². The fraction of sp³-hybridized carbons (Fsp3) is 0.0556. The van der Waals surface area contributed by atoms with Gasteiger partial charge in [0.1, 0.15) is 5.75 Å². The zero-order chi connectivity index (χ0) is 19.2. The Morgan fingerprint density at radius 3 is 2.63 bits per heavy atom. The molecule has 0 saturated heterocycles. The lowest BCUT2D eigenvalue weighted by Gasteiger charge is -2.06. The summed E-state index contributed by atoms with van der Waals surface area (Å²) in [5, 5.41) is 19.4. The Labute approximate surface area is 152 Å². The Balaban J connectivity index is 1.78. The number of hydrazone groups is 1. The number of carboxylic acid groups (broad SMARTS) is 1. The quantitative estimate of drug-likeness (QED) is 0.443. The van der Waals surface area contributed by atoms with Crippen LogP contribution in [-0.2, 0) is 4.79 Å². The number of ether oxygens (including phenoxy) is 1. The third-order valence-electron chi connectivity index (χ3n) is 3.55. The molecule has 0 unspecified atom stereocenters. The first-order chi connectivity index (χ1) is 13.1. The normalized spacial score (nSPS) is 10.8. The second-order valence-electron chi connectivity index (χ2n) is 5.37. The number of aromatic amines is 1. The minimum Gasteiger partial charge on any atom is -0.481 e. The fourth-order valence-corrected chi connectivity index (χ4v) is 2.36. The SMILES string of the molecule is O=C(O)COc1ccccc1C=NNC(=O)c1n[nH]c(=O)c2ccccc12. The Morgan fingerprint density at radius 2 is 1.85 bits per heavy atom. The van der Waals surface area contributed by atoms with Gasteiger partial charge < -0.3 is 9.84 Å². The molecule has 3 aromatic rings. The van der Waals surface area contributed by atoms with Crippen molar-refractivity contribution in [1.29, 1.82) is 0 Å².